The quantitative estimate of drug-likeness (QED) is 0.273. The van der Waals surface area contributed by atoms with Gasteiger partial charge in [0.2, 0.25) is 5.91 Å². The highest BCUT2D eigenvalue weighted by molar-refractivity contribution is 8.00. The van der Waals surface area contributed by atoms with Crippen LogP contribution in [0.1, 0.15) is 53.9 Å². The standard InChI is InChI=1S/C25H24FN3O3S2/c1-2-12-29-24(32)20-18(15-6-7-15)14-33-21(20)27-25(29)34-19-5-3-4-13-28(23(19)31)22(30)16-8-10-17(26)11-9-16/h2,8-11,14-15,19H,1,3-7,12-13H2/t19-/m1/s1. The number of thiophene rings is 1. The van der Waals surface area contributed by atoms with Crippen LogP contribution >= 0.6 is 23.1 Å². The van der Waals surface area contributed by atoms with Crippen molar-refractivity contribution in [3.8, 4) is 0 Å². The first-order valence-electron chi connectivity index (χ1n) is 11.4. The van der Waals surface area contributed by atoms with Gasteiger partial charge in [0.15, 0.2) is 5.16 Å². The summed E-state index contributed by atoms with van der Waals surface area (Å²) in [5.41, 5.74) is 1.25. The van der Waals surface area contributed by atoms with Gasteiger partial charge in [0.05, 0.1) is 10.6 Å². The average molecular weight is 498 g/mol. The van der Waals surface area contributed by atoms with E-state index in [1.54, 1.807) is 10.6 Å². The van der Waals surface area contributed by atoms with Gasteiger partial charge in [-0.2, -0.15) is 0 Å². The van der Waals surface area contributed by atoms with Gasteiger partial charge in [0.25, 0.3) is 11.5 Å². The van der Waals surface area contributed by atoms with Crippen molar-refractivity contribution in [2.24, 2.45) is 0 Å². The monoisotopic (exact) mass is 497 g/mol. The third-order valence-electron chi connectivity index (χ3n) is 6.24. The summed E-state index contributed by atoms with van der Waals surface area (Å²) in [5, 5.41) is 2.63. The topological polar surface area (TPSA) is 72.3 Å². The zero-order chi connectivity index (χ0) is 23.8. The number of likely N-dealkylation sites (tertiary alicyclic amines) is 1. The Kier molecular flexibility index (Phi) is 6.40. The predicted molar refractivity (Wildman–Crippen MR) is 132 cm³/mol. The molecule has 2 fully saturated rings. The van der Waals surface area contributed by atoms with E-state index >= 15 is 0 Å². The van der Waals surface area contributed by atoms with Crippen LogP contribution in [-0.4, -0.2) is 38.1 Å². The Labute approximate surface area is 204 Å². The Morgan fingerprint density at radius 2 is 1.97 bits per heavy atom. The number of fused-ring (bicyclic) bond motifs is 1. The molecular formula is C25H24FN3O3S2. The number of thioether (sulfide) groups is 1. The van der Waals surface area contributed by atoms with Crippen LogP contribution in [0.25, 0.3) is 10.2 Å². The largest absolute Gasteiger partial charge is 0.283 e. The lowest BCUT2D eigenvalue weighted by Crippen LogP contribution is -2.41. The van der Waals surface area contributed by atoms with E-state index in [1.165, 1.54) is 52.3 Å². The number of halogens is 1. The van der Waals surface area contributed by atoms with Crippen molar-refractivity contribution >= 4 is 45.1 Å². The second-order valence-corrected chi connectivity index (χ2v) is 10.7. The number of nitrogens with zero attached hydrogens (tertiary/aromatic N) is 3. The van der Waals surface area contributed by atoms with Crippen molar-refractivity contribution in [3.05, 3.63) is 69.6 Å². The van der Waals surface area contributed by atoms with Crippen LogP contribution in [0.2, 0.25) is 0 Å². The van der Waals surface area contributed by atoms with Crippen molar-refractivity contribution < 1.29 is 14.0 Å². The molecule has 0 bridgehead atoms. The lowest BCUT2D eigenvalue weighted by molar-refractivity contribution is -0.127. The summed E-state index contributed by atoms with van der Waals surface area (Å²) in [6.45, 7) is 4.39. The number of allylic oxidation sites excluding steroid dienone is 1. The third kappa shape index (κ3) is 4.34. The molecule has 1 saturated carbocycles. The fraction of sp³-hybridized carbons (Fsp3) is 0.360. The normalized spacial score (nSPS) is 18.8. The van der Waals surface area contributed by atoms with Gasteiger partial charge in [-0.1, -0.05) is 24.3 Å². The van der Waals surface area contributed by atoms with E-state index in [9.17, 15) is 18.8 Å². The van der Waals surface area contributed by atoms with Crippen LogP contribution in [0.3, 0.4) is 0 Å². The fourth-order valence-electron chi connectivity index (χ4n) is 4.30. The first-order valence-corrected chi connectivity index (χ1v) is 13.1. The molecule has 1 saturated heterocycles. The Hall–Kier alpha value is -2.78. The van der Waals surface area contributed by atoms with Crippen molar-refractivity contribution in [2.45, 2.75) is 55.0 Å². The molecule has 2 aromatic heterocycles. The molecule has 5 rings (SSSR count). The number of rotatable bonds is 6. The van der Waals surface area contributed by atoms with E-state index in [0.717, 1.165) is 24.8 Å². The van der Waals surface area contributed by atoms with Gasteiger partial charge in [0, 0.05) is 18.7 Å². The maximum atomic E-state index is 13.4. The minimum Gasteiger partial charge on any atom is -0.283 e. The zero-order valence-corrected chi connectivity index (χ0v) is 20.2. The third-order valence-corrected chi connectivity index (χ3v) is 8.37. The molecule has 0 unspecified atom stereocenters. The molecule has 1 aromatic carbocycles. The summed E-state index contributed by atoms with van der Waals surface area (Å²) >= 11 is 2.71. The highest BCUT2D eigenvalue weighted by Crippen LogP contribution is 2.44. The van der Waals surface area contributed by atoms with Gasteiger partial charge in [0.1, 0.15) is 10.6 Å². The number of aromatic nitrogens is 2. The van der Waals surface area contributed by atoms with Crippen LogP contribution in [0.4, 0.5) is 4.39 Å². The Balaban J connectivity index is 1.47. The van der Waals surface area contributed by atoms with Gasteiger partial charge >= 0.3 is 0 Å². The SMILES string of the molecule is C=CCn1c(S[C@@H]2CCCCN(C(=O)c3ccc(F)cc3)C2=O)nc2scc(C3CC3)c2c1=O. The van der Waals surface area contributed by atoms with Gasteiger partial charge in [-0.3, -0.25) is 23.9 Å². The second kappa shape index (κ2) is 9.46. The molecule has 2 amide bonds. The van der Waals surface area contributed by atoms with Crippen LogP contribution < -0.4 is 5.56 Å². The first-order chi connectivity index (χ1) is 16.5. The lowest BCUT2D eigenvalue weighted by atomic mass is 10.1. The first kappa shape index (κ1) is 23.0. The molecule has 0 spiro atoms. The van der Waals surface area contributed by atoms with E-state index in [4.69, 9.17) is 4.98 Å². The van der Waals surface area contributed by atoms with Crippen LogP contribution in [0.5, 0.6) is 0 Å². The van der Waals surface area contributed by atoms with Gasteiger partial charge < -0.3 is 0 Å². The summed E-state index contributed by atoms with van der Waals surface area (Å²) in [6.07, 6.45) is 5.89. The van der Waals surface area contributed by atoms with Gasteiger partial charge in [-0.25, -0.2) is 9.37 Å². The number of hydrogen-bond acceptors (Lipinski definition) is 6. The van der Waals surface area contributed by atoms with E-state index in [-0.39, 0.29) is 17.0 Å². The molecule has 3 aromatic rings. The maximum Gasteiger partial charge on any atom is 0.263 e. The van der Waals surface area contributed by atoms with Crippen molar-refractivity contribution in [1.82, 2.24) is 14.5 Å². The summed E-state index contributed by atoms with van der Waals surface area (Å²) in [6, 6.07) is 5.21. The minimum absolute atomic E-state index is 0.101. The van der Waals surface area contributed by atoms with E-state index in [2.05, 4.69) is 6.58 Å². The summed E-state index contributed by atoms with van der Waals surface area (Å²) < 4.78 is 14.9. The van der Waals surface area contributed by atoms with Gasteiger partial charge in [-0.15, -0.1) is 17.9 Å². The van der Waals surface area contributed by atoms with E-state index < -0.39 is 17.0 Å². The molecule has 9 heteroatoms. The molecule has 0 radical (unpaired) electrons. The zero-order valence-electron chi connectivity index (χ0n) is 18.5. The summed E-state index contributed by atoms with van der Waals surface area (Å²) in [5.74, 6) is -0.737. The minimum atomic E-state index is -0.546. The summed E-state index contributed by atoms with van der Waals surface area (Å²) in [4.78, 5) is 46.6. The average Bonchev–Trinajstić information content (AvgIpc) is 3.61. The molecule has 176 valence electrons. The molecule has 0 N–H and O–H groups in total. The number of imide groups is 1. The highest BCUT2D eigenvalue weighted by atomic mass is 32.2. The molecule has 2 aliphatic rings. The van der Waals surface area contributed by atoms with E-state index in [0.29, 0.717) is 47.2 Å². The smallest absolute Gasteiger partial charge is 0.263 e. The molecule has 1 aliphatic heterocycles. The second-order valence-electron chi connectivity index (χ2n) is 8.65. The van der Waals surface area contributed by atoms with E-state index in [1.807, 2.05) is 5.38 Å². The Morgan fingerprint density at radius 1 is 1.21 bits per heavy atom. The Bertz CT molecular complexity index is 1330. The lowest BCUT2D eigenvalue weighted by Gasteiger charge is -2.23. The van der Waals surface area contributed by atoms with Crippen molar-refractivity contribution in [1.29, 1.82) is 0 Å². The number of carbonyl (C=O) groups excluding carboxylic acids is 2. The number of carbonyl (C=O) groups is 2. The molecule has 6 nitrogen and oxygen atoms in total. The number of hydrogen-bond donors (Lipinski definition) is 0. The van der Waals surface area contributed by atoms with Crippen LogP contribution in [-0.2, 0) is 11.3 Å². The predicted octanol–water partition coefficient (Wildman–Crippen LogP) is 4.97. The van der Waals surface area contributed by atoms with Crippen molar-refractivity contribution in [3.63, 3.8) is 0 Å². The molecule has 3 heterocycles. The number of amides is 2. The molecular weight excluding hydrogens is 473 g/mol. The van der Waals surface area contributed by atoms with Gasteiger partial charge in [-0.05, 0) is 66.8 Å². The Morgan fingerprint density at radius 3 is 2.68 bits per heavy atom. The van der Waals surface area contributed by atoms with Crippen LogP contribution in [0, 0.1) is 5.82 Å². The number of benzene rings is 1. The van der Waals surface area contributed by atoms with Crippen molar-refractivity contribution in [2.75, 3.05) is 6.54 Å². The molecule has 1 aliphatic carbocycles. The molecule has 1 atom stereocenters. The fourth-order valence-corrected chi connectivity index (χ4v) is 6.56. The molecule has 34 heavy (non-hydrogen) atoms. The van der Waals surface area contributed by atoms with Crippen LogP contribution in [0.15, 0.2) is 52.3 Å². The maximum absolute atomic E-state index is 13.4. The summed E-state index contributed by atoms with van der Waals surface area (Å²) in [7, 11) is 0. The highest BCUT2D eigenvalue weighted by Gasteiger charge is 2.34.